The number of hydrogen-bond donors (Lipinski definition) is 2. The van der Waals surface area contributed by atoms with Crippen molar-refractivity contribution in [2.45, 2.75) is 18.9 Å². The molecule has 98 valence electrons. The fourth-order valence-corrected chi connectivity index (χ4v) is 2.79. The minimum absolute atomic E-state index is 0.322. The van der Waals surface area contributed by atoms with Gasteiger partial charge in [-0.3, -0.25) is 0 Å². The quantitative estimate of drug-likeness (QED) is 0.832. The third-order valence-electron chi connectivity index (χ3n) is 3.09. The third kappa shape index (κ3) is 3.38. The van der Waals surface area contributed by atoms with Crippen molar-refractivity contribution in [3.05, 3.63) is 27.1 Å². The van der Waals surface area contributed by atoms with Crippen molar-refractivity contribution in [3.63, 3.8) is 0 Å². The molecule has 0 saturated carbocycles. The Morgan fingerprint density at radius 3 is 2.61 bits per heavy atom. The summed E-state index contributed by atoms with van der Waals surface area (Å²) in [5.74, 6) is 0. The minimum Gasteiger partial charge on any atom is -0.381 e. The molecule has 0 aliphatic carbocycles. The summed E-state index contributed by atoms with van der Waals surface area (Å²) in [4.78, 5) is 12.7. The van der Waals surface area contributed by atoms with Crippen LogP contribution in [0.1, 0.15) is 12.8 Å². The summed E-state index contributed by atoms with van der Waals surface area (Å²) in [7, 11) is 0. The maximum Gasteiger partial charge on any atom is 0.314 e. The van der Waals surface area contributed by atoms with Gasteiger partial charge in [-0.05, 0) is 47.0 Å². The largest absolute Gasteiger partial charge is 0.381 e. The first-order valence-corrected chi connectivity index (χ1v) is 7.41. The van der Waals surface area contributed by atoms with Gasteiger partial charge >= 0.3 is 6.03 Å². The molecule has 0 bridgehead atoms. The average Bonchev–Trinajstić information content (AvgIpc) is 2.34. The Kier molecular flexibility index (Phi) is 4.50. The number of anilines is 1. The molecule has 1 saturated heterocycles. The van der Waals surface area contributed by atoms with Crippen LogP contribution < -0.4 is 11.1 Å². The standard InChI is InChI=1S/C12H15Br2N3O/c13-8-1-2-10(14)11(7-8)16-9-3-5-17(6-4-9)12(15)18/h1-2,7,9,16H,3-6H2,(H2,15,18). The van der Waals surface area contributed by atoms with E-state index in [1.54, 1.807) is 4.90 Å². The van der Waals surface area contributed by atoms with Gasteiger partial charge in [-0.1, -0.05) is 15.9 Å². The van der Waals surface area contributed by atoms with Crippen molar-refractivity contribution >= 4 is 43.6 Å². The molecular weight excluding hydrogens is 362 g/mol. The second kappa shape index (κ2) is 5.93. The van der Waals surface area contributed by atoms with Gasteiger partial charge in [-0.25, -0.2) is 4.79 Å². The van der Waals surface area contributed by atoms with E-state index in [0.717, 1.165) is 40.6 Å². The first-order chi connectivity index (χ1) is 8.56. The zero-order valence-corrected chi connectivity index (χ0v) is 13.0. The highest BCUT2D eigenvalue weighted by molar-refractivity contribution is 9.11. The molecule has 1 aromatic carbocycles. The van der Waals surface area contributed by atoms with Crippen molar-refractivity contribution < 1.29 is 4.79 Å². The highest BCUT2D eigenvalue weighted by atomic mass is 79.9. The average molecular weight is 377 g/mol. The van der Waals surface area contributed by atoms with Crippen molar-refractivity contribution in [2.24, 2.45) is 5.73 Å². The molecule has 1 aliphatic rings. The van der Waals surface area contributed by atoms with E-state index in [0.29, 0.717) is 6.04 Å². The van der Waals surface area contributed by atoms with Crippen LogP contribution in [0.2, 0.25) is 0 Å². The van der Waals surface area contributed by atoms with Gasteiger partial charge in [0.05, 0.1) is 0 Å². The Morgan fingerprint density at radius 1 is 1.33 bits per heavy atom. The van der Waals surface area contributed by atoms with Gasteiger partial charge in [-0.15, -0.1) is 0 Å². The number of rotatable bonds is 2. The predicted molar refractivity (Wildman–Crippen MR) is 79.6 cm³/mol. The number of hydrogen-bond acceptors (Lipinski definition) is 2. The molecular formula is C12H15Br2N3O. The molecule has 0 atom stereocenters. The number of benzene rings is 1. The zero-order valence-electron chi connectivity index (χ0n) is 9.83. The molecule has 0 aromatic heterocycles. The fraction of sp³-hybridized carbons (Fsp3) is 0.417. The van der Waals surface area contributed by atoms with E-state index < -0.39 is 0 Å². The normalized spacial score (nSPS) is 16.7. The lowest BCUT2D eigenvalue weighted by Gasteiger charge is -2.32. The highest BCUT2D eigenvalue weighted by Gasteiger charge is 2.21. The molecule has 1 aromatic rings. The van der Waals surface area contributed by atoms with Gasteiger partial charge in [0.25, 0.3) is 0 Å². The lowest BCUT2D eigenvalue weighted by atomic mass is 10.1. The number of nitrogens with two attached hydrogens (primary N) is 1. The summed E-state index contributed by atoms with van der Waals surface area (Å²) in [6.45, 7) is 1.44. The number of halogens is 2. The summed E-state index contributed by atoms with van der Waals surface area (Å²) in [6, 6.07) is 6.10. The predicted octanol–water partition coefficient (Wildman–Crippen LogP) is 3.17. The Balaban J connectivity index is 1.95. The molecule has 0 unspecified atom stereocenters. The van der Waals surface area contributed by atoms with Crippen LogP contribution in [0.5, 0.6) is 0 Å². The van der Waals surface area contributed by atoms with E-state index in [-0.39, 0.29) is 6.03 Å². The summed E-state index contributed by atoms with van der Waals surface area (Å²) >= 11 is 6.98. The SMILES string of the molecule is NC(=O)N1CCC(Nc2cc(Br)ccc2Br)CC1. The molecule has 1 aliphatic heterocycles. The monoisotopic (exact) mass is 375 g/mol. The van der Waals surface area contributed by atoms with Crippen LogP contribution in [0.25, 0.3) is 0 Å². The fourth-order valence-electron chi connectivity index (χ4n) is 2.07. The Bertz CT molecular complexity index is 445. The van der Waals surface area contributed by atoms with Crippen LogP contribution in [0.4, 0.5) is 10.5 Å². The van der Waals surface area contributed by atoms with E-state index >= 15 is 0 Å². The maximum absolute atomic E-state index is 11.0. The number of likely N-dealkylation sites (tertiary alicyclic amines) is 1. The molecule has 2 amide bonds. The molecule has 0 spiro atoms. The lowest BCUT2D eigenvalue weighted by Crippen LogP contribution is -2.44. The second-order valence-corrected chi connectivity index (χ2v) is 6.14. The van der Waals surface area contributed by atoms with E-state index in [4.69, 9.17) is 5.73 Å². The van der Waals surface area contributed by atoms with Gasteiger partial charge in [0, 0.05) is 33.8 Å². The van der Waals surface area contributed by atoms with Crippen molar-refractivity contribution in [3.8, 4) is 0 Å². The van der Waals surface area contributed by atoms with Gasteiger partial charge in [-0.2, -0.15) is 0 Å². The van der Waals surface area contributed by atoms with E-state index in [2.05, 4.69) is 37.2 Å². The number of piperidine rings is 1. The molecule has 18 heavy (non-hydrogen) atoms. The van der Waals surface area contributed by atoms with E-state index in [9.17, 15) is 4.79 Å². The molecule has 3 N–H and O–H groups in total. The van der Waals surface area contributed by atoms with E-state index in [1.807, 2.05) is 18.2 Å². The molecule has 2 rings (SSSR count). The van der Waals surface area contributed by atoms with Gasteiger partial charge in [0.2, 0.25) is 0 Å². The van der Waals surface area contributed by atoms with Crippen LogP contribution >= 0.6 is 31.9 Å². The zero-order chi connectivity index (χ0) is 13.1. The lowest BCUT2D eigenvalue weighted by molar-refractivity contribution is 0.193. The van der Waals surface area contributed by atoms with Gasteiger partial charge < -0.3 is 16.0 Å². The van der Waals surface area contributed by atoms with Crippen LogP contribution in [0, 0.1) is 0 Å². The third-order valence-corrected chi connectivity index (χ3v) is 4.28. The smallest absolute Gasteiger partial charge is 0.314 e. The van der Waals surface area contributed by atoms with Crippen LogP contribution in [0.3, 0.4) is 0 Å². The highest BCUT2D eigenvalue weighted by Crippen LogP contribution is 2.28. The van der Waals surface area contributed by atoms with Crippen molar-refractivity contribution in [2.75, 3.05) is 18.4 Å². The number of nitrogens with one attached hydrogen (secondary N) is 1. The van der Waals surface area contributed by atoms with Gasteiger partial charge in [0.1, 0.15) is 0 Å². The maximum atomic E-state index is 11.0. The Labute approximate surface area is 123 Å². The van der Waals surface area contributed by atoms with Crippen LogP contribution in [-0.4, -0.2) is 30.1 Å². The summed E-state index contributed by atoms with van der Waals surface area (Å²) < 4.78 is 2.09. The van der Waals surface area contributed by atoms with Crippen LogP contribution in [-0.2, 0) is 0 Å². The molecule has 4 nitrogen and oxygen atoms in total. The number of urea groups is 1. The number of carbonyl (C=O) groups excluding carboxylic acids is 1. The molecule has 1 heterocycles. The summed E-state index contributed by atoms with van der Waals surface area (Å²) in [5.41, 5.74) is 6.33. The number of amides is 2. The van der Waals surface area contributed by atoms with Crippen LogP contribution in [0.15, 0.2) is 27.1 Å². The first kappa shape index (κ1) is 13.7. The summed E-state index contributed by atoms with van der Waals surface area (Å²) in [6.07, 6.45) is 1.84. The minimum atomic E-state index is -0.322. The summed E-state index contributed by atoms with van der Waals surface area (Å²) in [5, 5.41) is 3.49. The molecule has 1 fully saturated rings. The second-order valence-electron chi connectivity index (χ2n) is 4.37. The molecule has 0 radical (unpaired) electrons. The number of primary amides is 1. The topological polar surface area (TPSA) is 58.4 Å². The van der Waals surface area contributed by atoms with E-state index in [1.165, 1.54) is 0 Å². The van der Waals surface area contributed by atoms with Crippen molar-refractivity contribution in [1.29, 1.82) is 0 Å². The Hall–Kier alpha value is -0.750. The molecule has 6 heteroatoms. The van der Waals surface area contributed by atoms with Crippen molar-refractivity contribution in [1.82, 2.24) is 4.90 Å². The van der Waals surface area contributed by atoms with Gasteiger partial charge in [0.15, 0.2) is 0 Å². The number of nitrogens with zero attached hydrogens (tertiary/aromatic N) is 1. The number of carbonyl (C=O) groups is 1. The first-order valence-electron chi connectivity index (χ1n) is 5.82. The Morgan fingerprint density at radius 2 is 2.00 bits per heavy atom.